The molecule has 1 aliphatic heterocycles. The Hall–Kier alpha value is -4.34. The van der Waals surface area contributed by atoms with Crippen LogP contribution in [0.3, 0.4) is 0 Å². The molecule has 1 saturated heterocycles. The predicted octanol–water partition coefficient (Wildman–Crippen LogP) is 7.52. The zero-order valence-electron chi connectivity index (χ0n) is 22.2. The van der Waals surface area contributed by atoms with Gasteiger partial charge in [-0.05, 0) is 59.9 Å². The highest BCUT2D eigenvalue weighted by Crippen LogP contribution is 2.37. The number of piperidine rings is 1. The summed E-state index contributed by atoms with van der Waals surface area (Å²) in [4.78, 5) is 28.2. The lowest BCUT2D eigenvalue weighted by molar-refractivity contribution is -0.143. The first kappa shape index (κ1) is 29.2. The zero-order valence-corrected chi connectivity index (χ0v) is 22.2. The predicted molar refractivity (Wildman–Crippen MR) is 146 cm³/mol. The molecule has 1 fully saturated rings. The minimum atomic E-state index is -5.07. The summed E-state index contributed by atoms with van der Waals surface area (Å²) in [6, 6.07) is 21.8. The summed E-state index contributed by atoms with van der Waals surface area (Å²) in [5.41, 5.74) is -2.46. The van der Waals surface area contributed by atoms with Gasteiger partial charge in [0.25, 0.3) is 11.8 Å². The summed E-state index contributed by atoms with van der Waals surface area (Å²) in [6.07, 6.45) is -9.30. The minimum Gasteiger partial charge on any atom is -0.349 e. The Bertz CT molecular complexity index is 1560. The summed E-state index contributed by atoms with van der Waals surface area (Å²) >= 11 is 0. The van der Waals surface area contributed by atoms with Crippen LogP contribution in [0.15, 0.2) is 91.0 Å². The topological polar surface area (TPSA) is 49.4 Å². The van der Waals surface area contributed by atoms with Gasteiger partial charge in [0.1, 0.15) is 0 Å². The molecule has 1 aliphatic rings. The van der Waals surface area contributed by atoms with E-state index < -0.39 is 41.0 Å². The van der Waals surface area contributed by atoms with Gasteiger partial charge in [-0.15, -0.1) is 0 Å². The number of carbonyl (C=O) groups is 2. The third kappa shape index (κ3) is 6.42. The second-order valence-corrected chi connectivity index (χ2v) is 10.4. The van der Waals surface area contributed by atoms with Crippen LogP contribution >= 0.6 is 0 Å². The van der Waals surface area contributed by atoms with Crippen molar-refractivity contribution in [2.75, 3.05) is 6.54 Å². The molecule has 218 valence electrons. The number of carbonyl (C=O) groups excluding carboxylic acids is 2. The van der Waals surface area contributed by atoms with Gasteiger partial charge < -0.3 is 10.2 Å². The Morgan fingerprint density at radius 3 is 2.07 bits per heavy atom. The molecule has 0 aliphatic carbocycles. The Kier molecular flexibility index (Phi) is 7.99. The molecule has 4 aromatic rings. The maximum Gasteiger partial charge on any atom is 0.416 e. The number of benzene rings is 4. The molecule has 2 unspecified atom stereocenters. The molecule has 0 aromatic heterocycles. The summed E-state index contributed by atoms with van der Waals surface area (Å²) in [7, 11) is 0. The number of amides is 2. The van der Waals surface area contributed by atoms with Crippen molar-refractivity contribution in [3.63, 3.8) is 0 Å². The molecule has 0 saturated carbocycles. The highest BCUT2D eigenvalue weighted by atomic mass is 19.4. The van der Waals surface area contributed by atoms with Gasteiger partial charge in [0, 0.05) is 29.8 Å². The molecule has 2 amide bonds. The summed E-state index contributed by atoms with van der Waals surface area (Å²) in [5.74, 6) is -1.23. The fraction of sp³-hybridized carbons (Fsp3) is 0.250. The lowest BCUT2D eigenvalue weighted by Gasteiger charge is -2.40. The fourth-order valence-electron chi connectivity index (χ4n) is 5.46. The number of nitrogens with zero attached hydrogens (tertiary/aromatic N) is 1. The van der Waals surface area contributed by atoms with Gasteiger partial charge >= 0.3 is 12.4 Å². The molecule has 10 heteroatoms. The highest BCUT2D eigenvalue weighted by Gasteiger charge is 2.39. The van der Waals surface area contributed by atoms with E-state index in [0.29, 0.717) is 24.1 Å². The second kappa shape index (κ2) is 11.5. The largest absolute Gasteiger partial charge is 0.416 e. The minimum absolute atomic E-state index is 0.00722. The molecular formula is C32H26F6N2O2. The maximum atomic E-state index is 13.6. The van der Waals surface area contributed by atoms with Crippen molar-refractivity contribution < 1.29 is 35.9 Å². The van der Waals surface area contributed by atoms with E-state index in [0.717, 1.165) is 16.3 Å². The summed E-state index contributed by atoms with van der Waals surface area (Å²) in [6.45, 7) is 0.0361. The SMILES string of the molecule is O=C(NC1CCN(C(=O)c2cc(C(F)(F)F)cc(C(F)(F)F)c2)C(Cc2ccccc2)C1)c1cccc2ccccc12. The maximum absolute atomic E-state index is 13.6. The van der Waals surface area contributed by atoms with Gasteiger partial charge in [0.05, 0.1) is 11.1 Å². The molecule has 42 heavy (non-hydrogen) atoms. The molecule has 2 atom stereocenters. The zero-order chi connectivity index (χ0) is 30.1. The Labute approximate surface area is 237 Å². The normalized spacial score (nSPS) is 17.7. The van der Waals surface area contributed by atoms with Crippen molar-refractivity contribution in [2.24, 2.45) is 0 Å². The number of likely N-dealkylation sites (tertiary alicyclic amines) is 1. The standard InChI is InChI=1S/C32H26F6N2O2/c33-31(34,35)23-16-22(17-24(18-23)32(36,37)38)30(42)40-14-13-25(19-26(40)15-20-7-2-1-3-8-20)39-29(41)28-12-6-10-21-9-4-5-11-27(21)28/h1-12,16-18,25-26H,13-15,19H2,(H,39,41). The average Bonchev–Trinajstić information content (AvgIpc) is 2.96. The molecule has 0 bridgehead atoms. The Balaban J connectivity index is 1.43. The molecule has 0 spiro atoms. The average molecular weight is 585 g/mol. The Morgan fingerprint density at radius 2 is 1.40 bits per heavy atom. The van der Waals surface area contributed by atoms with Crippen molar-refractivity contribution in [1.29, 1.82) is 0 Å². The number of rotatable bonds is 5. The van der Waals surface area contributed by atoms with E-state index in [4.69, 9.17) is 0 Å². The summed E-state index contributed by atoms with van der Waals surface area (Å²) < 4.78 is 80.9. The monoisotopic (exact) mass is 584 g/mol. The second-order valence-electron chi connectivity index (χ2n) is 10.4. The van der Waals surface area contributed by atoms with Crippen LogP contribution in [0.25, 0.3) is 10.8 Å². The number of nitrogens with one attached hydrogen (secondary N) is 1. The molecule has 4 aromatic carbocycles. The van der Waals surface area contributed by atoms with Gasteiger partial charge in [-0.25, -0.2) is 0 Å². The molecule has 1 N–H and O–H groups in total. The number of hydrogen-bond donors (Lipinski definition) is 1. The van der Waals surface area contributed by atoms with E-state index in [-0.39, 0.29) is 37.4 Å². The van der Waals surface area contributed by atoms with E-state index in [1.165, 1.54) is 4.90 Å². The van der Waals surface area contributed by atoms with Crippen molar-refractivity contribution in [3.05, 3.63) is 119 Å². The van der Waals surface area contributed by atoms with Gasteiger partial charge in [0.15, 0.2) is 0 Å². The summed E-state index contributed by atoms with van der Waals surface area (Å²) in [5, 5.41) is 4.70. The smallest absolute Gasteiger partial charge is 0.349 e. The van der Waals surface area contributed by atoms with Gasteiger partial charge in [-0.1, -0.05) is 66.7 Å². The fourth-order valence-corrected chi connectivity index (χ4v) is 5.46. The van der Waals surface area contributed by atoms with Crippen LogP contribution in [0.2, 0.25) is 0 Å². The van der Waals surface area contributed by atoms with Crippen LogP contribution in [0, 0.1) is 0 Å². The Morgan fingerprint density at radius 1 is 0.786 bits per heavy atom. The molecular weight excluding hydrogens is 558 g/mol. The number of hydrogen-bond acceptors (Lipinski definition) is 2. The van der Waals surface area contributed by atoms with Crippen LogP contribution < -0.4 is 5.32 Å². The number of fused-ring (bicyclic) bond motifs is 1. The van der Waals surface area contributed by atoms with Gasteiger partial charge in [-0.3, -0.25) is 9.59 Å². The first-order valence-corrected chi connectivity index (χ1v) is 13.3. The molecule has 5 rings (SSSR count). The lowest BCUT2D eigenvalue weighted by atomic mass is 9.90. The van der Waals surface area contributed by atoms with E-state index in [1.807, 2.05) is 48.5 Å². The number of halogens is 6. The molecule has 4 nitrogen and oxygen atoms in total. The third-order valence-electron chi connectivity index (χ3n) is 7.49. The lowest BCUT2D eigenvalue weighted by Crippen LogP contribution is -2.52. The van der Waals surface area contributed by atoms with Gasteiger partial charge in [-0.2, -0.15) is 26.3 Å². The third-order valence-corrected chi connectivity index (χ3v) is 7.49. The van der Waals surface area contributed by atoms with Crippen LogP contribution in [-0.2, 0) is 18.8 Å². The van der Waals surface area contributed by atoms with Crippen LogP contribution in [0.5, 0.6) is 0 Å². The quantitative estimate of drug-likeness (QED) is 0.247. The van der Waals surface area contributed by atoms with Crippen LogP contribution in [0.1, 0.15) is 50.2 Å². The van der Waals surface area contributed by atoms with Crippen molar-refractivity contribution in [3.8, 4) is 0 Å². The number of alkyl halides is 6. The van der Waals surface area contributed by atoms with Crippen LogP contribution in [0.4, 0.5) is 26.3 Å². The van der Waals surface area contributed by atoms with Crippen molar-refractivity contribution in [2.45, 2.75) is 43.7 Å². The first-order valence-electron chi connectivity index (χ1n) is 13.3. The van der Waals surface area contributed by atoms with E-state index >= 15 is 0 Å². The van der Waals surface area contributed by atoms with Crippen molar-refractivity contribution >= 4 is 22.6 Å². The van der Waals surface area contributed by atoms with Gasteiger partial charge in [0.2, 0.25) is 0 Å². The van der Waals surface area contributed by atoms with Crippen molar-refractivity contribution in [1.82, 2.24) is 10.2 Å². The van der Waals surface area contributed by atoms with E-state index in [2.05, 4.69) is 5.32 Å². The van der Waals surface area contributed by atoms with Crippen LogP contribution in [-0.4, -0.2) is 35.3 Å². The first-order chi connectivity index (χ1) is 19.9. The van der Waals surface area contributed by atoms with E-state index in [9.17, 15) is 35.9 Å². The van der Waals surface area contributed by atoms with E-state index in [1.54, 1.807) is 24.3 Å². The molecule has 0 radical (unpaired) electrons. The molecule has 1 heterocycles. The highest BCUT2D eigenvalue weighted by molar-refractivity contribution is 6.07.